The molecule has 0 aliphatic rings. The highest BCUT2D eigenvalue weighted by Gasteiger charge is 2.04. The van der Waals surface area contributed by atoms with Crippen molar-refractivity contribution in [2.45, 2.75) is 19.5 Å². The zero-order chi connectivity index (χ0) is 13.0. The molecule has 3 heteroatoms. The van der Waals surface area contributed by atoms with E-state index in [2.05, 4.69) is 29.9 Å². The van der Waals surface area contributed by atoms with Crippen molar-refractivity contribution in [3.8, 4) is 5.75 Å². The topological polar surface area (TPSA) is 34.1 Å². The maximum absolute atomic E-state index is 5.33. The molecule has 0 fully saturated rings. The lowest BCUT2D eigenvalue weighted by molar-refractivity contribution is 0.418. The van der Waals surface area contributed by atoms with E-state index in [9.17, 15) is 0 Å². The molecule has 0 aliphatic heterocycles. The number of ether oxygens (including phenoxy) is 1. The number of fused-ring (bicyclic) bond motifs is 1. The number of benzene rings is 1. The Kier molecular flexibility index (Phi) is 3.95. The fourth-order valence-electron chi connectivity index (χ4n) is 1.77. The van der Waals surface area contributed by atoms with Gasteiger partial charge in [-0.2, -0.15) is 0 Å². The lowest BCUT2D eigenvalue weighted by Gasteiger charge is -2.10. The molecule has 0 aliphatic carbocycles. The summed E-state index contributed by atoms with van der Waals surface area (Å²) in [6.07, 6.45) is 1.88. The summed E-state index contributed by atoms with van der Waals surface area (Å²) in [5.41, 5.74) is 1.91. The van der Waals surface area contributed by atoms with Gasteiger partial charge in [-0.25, -0.2) is 4.98 Å². The van der Waals surface area contributed by atoms with Crippen LogP contribution in [0.1, 0.15) is 12.6 Å². The maximum atomic E-state index is 5.33. The molecule has 18 heavy (non-hydrogen) atoms. The molecule has 1 atom stereocenters. The fraction of sp³-hybridized carbons (Fsp3) is 0.267. The van der Waals surface area contributed by atoms with Crippen molar-refractivity contribution < 1.29 is 4.74 Å². The van der Waals surface area contributed by atoms with Crippen molar-refractivity contribution in [1.82, 2.24) is 10.3 Å². The van der Waals surface area contributed by atoms with Crippen LogP contribution in [-0.4, -0.2) is 18.1 Å². The number of aromatic nitrogens is 1. The standard InChI is InChI=1S/C15H18N2O/c1-4-11(2)16-10-13-9-8-12-6-5-7-14(18-3)15(12)17-13/h4-9,11,16H,1,10H2,2-3H3. The van der Waals surface area contributed by atoms with Crippen LogP contribution in [-0.2, 0) is 6.54 Å². The molecule has 0 saturated carbocycles. The summed E-state index contributed by atoms with van der Waals surface area (Å²) in [5, 5.41) is 4.42. The van der Waals surface area contributed by atoms with E-state index in [-0.39, 0.29) is 6.04 Å². The van der Waals surface area contributed by atoms with Crippen LogP contribution in [0.5, 0.6) is 5.75 Å². The van der Waals surface area contributed by atoms with E-state index in [0.29, 0.717) is 0 Å². The molecule has 1 unspecified atom stereocenters. The second-order valence-corrected chi connectivity index (χ2v) is 4.24. The Hall–Kier alpha value is -1.87. The minimum atomic E-state index is 0.278. The molecule has 0 spiro atoms. The summed E-state index contributed by atoms with van der Waals surface area (Å²) < 4.78 is 5.33. The Bertz CT molecular complexity index is 551. The third kappa shape index (κ3) is 2.68. The summed E-state index contributed by atoms with van der Waals surface area (Å²) in [6, 6.07) is 10.3. The molecule has 1 aromatic heterocycles. The van der Waals surface area contributed by atoms with Crippen LogP contribution in [0.25, 0.3) is 10.9 Å². The second kappa shape index (κ2) is 5.65. The van der Waals surface area contributed by atoms with Crippen LogP contribution in [0.2, 0.25) is 0 Å². The van der Waals surface area contributed by atoms with E-state index in [1.54, 1.807) is 7.11 Å². The van der Waals surface area contributed by atoms with Crippen LogP contribution in [0, 0.1) is 0 Å². The molecule has 1 aromatic carbocycles. The molecule has 94 valence electrons. The van der Waals surface area contributed by atoms with Gasteiger partial charge in [-0.15, -0.1) is 6.58 Å². The Morgan fingerprint density at radius 3 is 2.94 bits per heavy atom. The van der Waals surface area contributed by atoms with E-state index in [4.69, 9.17) is 4.74 Å². The number of nitrogens with one attached hydrogen (secondary N) is 1. The predicted octanol–water partition coefficient (Wildman–Crippen LogP) is 2.91. The summed E-state index contributed by atoms with van der Waals surface area (Å²) in [6.45, 7) is 6.53. The zero-order valence-corrected chi connectivity index (χ0v) is 10.8. The predicted molar refractivity (Wildman–Crippen MR) is 74.8 cm³/mol. The van der Waals surface area contributed by atoms with Crippen molar-refractivity contribution in [3.63, 3.8) is 0 Å². The molecule has 0 saturated heterocycles. The maximum Gasteiger partial charge on any atom is 0.145 e. The molecule has 1 heterocycles. The highest BCUT2D eigenvalue weighted by molar-refractivity contribution is 5.84. The third-order valence-electron chi connectivity index (χ3n) is 2.92. The first-order valence-electron chi connectivity index (χ1n) is 6.03. The van der Waals surface area contributed by atoms with Crippen molar-refractivity contribution in [1.29, 1.82) is 0 Å². The van der Waals surface area contributed by atoms with Crippen molar-refractivity contribution >= 4 is 10.9 Å². The monoisotopic (exact) mass is 242 g/mol. The molecular formula is C15H18N2O. The van der Waals surface area contributed by atoms with Gasteiger partial charge in [0.2, 0.25) is 0 Å². The number of pyridine rings is 1. The number of para-hydroxylation sites is 1. The fourth-order valence-corrected chi connectivity index (χ4v) is 1.77. The lowest BCUT2D eigenvalue weighted by atomic mass is 10.2. The first-order valence-corrected chi connectivity index (χ1v) is 6.03. The molecule has 2 aromatic rings. The largest absolute Gasteiger partial charge is 0.494 e. The van der Waals surface area contributed by atoms with Gasteiger partial charge in [0.05, 0.1) is 12.8 Å². The van der Waals surface area contributed by atoms with Crippen LogP contribution in [0.15, 0.2) is 43.0 Å². The second-order valence-electron chi connectivity index (χ2n) is 4.24. The van der Waals surface area contributed by atoms with Gasteiger partial charge in [0.25, 0.3) is 0 Å². The highest BCUT2D eigenvalue weighted by atomic mass is 16.5. The van der Waals surface area contributed by atoms with Gasteiger partial charge in [-0.1, -0.05) is 24.3 Å². The normalized spacial score (nSPS) is 12.3. The van der Waals surface area contributed by atoms with Crippen molar-refractivity contribution in [3.05, 3.63) is 48.7 Å². The van der Waals surface area contributed by atoms with Crippen LogP contribution < -0.4 is 10.1 Å². The third-order valence-corrected chi connectivity index (χ3v) is 2.92. The summed E-state index contributed by atoms with van der Waals surface area (Å²) in [7, 11) is 1.67. The summed E-state index contributed by atoms with van der Waals surface area (Å²) in [4.78, 5) is 4.63. The summed E-state index contributed by atoms with van der Waals surface area (Å²) in [5.74, 6) is 0.811. The van der Waals surface area contributed by atoms with Crippen LogP contribution in [0.3, 0.4) is 0 Å². The van der Waals surface area contributed by atoms with Gasteiger partial charge < -0.3 is 10.1 Å². The van der Waals surface area contributed by atoms with Gasteiger partial charge in [0, 0.05) is 18.0 Å². The Morgan fingerprint density at radius 2 is 2.22 bits per heavy atom. The Balaban J connectivity index is 2.28. The van der Waals surface area contributed by atoms with Gasteiger partial charge in [-0.3, -0.25) is 0 Å². The first-order chi connectivity index (χ1) is 8.74. The molecular weight excluding hydrogens is 224 g/mol. The van der Waals surface area contributed by atoms with Gasteiger partial charge in [-0.05, 0) is 19.1 Å². The van der Waals surface area contributed by atoms with Crippen LogP contribution in [0.4, 0.5) is 0 Å². The average Bonchev–Trinajstić information content (AvgIpc) is 2.43. The lowest BCUT2D eigenvalue weighted by Crippen LogP contribution is -2.23. The molecule has 2 rings (SSSR count). The van der Waals surface area contributed by atoms with E-state index < -0.39 is 0 Å². The van der Waals surface area contributed by atoms with Gasteiger partial charge in [0.15, 0.2) is 0 Å². The molecule has 3 nitrogen and oxygen atoms in total. The van der Waals surface area contributed by atoms with E-state index >= 15 is 0 Å². The molecule has 0 radical (unpaired) electrons. The van der Waals surface area contributed by atoms with Gasteiger partial charge >= 0.3 is 0 Å². The summed E-state index contributed by atoms with van der Waals surface area (Å²) >= 11 is 0. The number of hydrogen-bond donors (Lipinski definition) is 1. The van der Waals surface area contributed by atoms with Crippen molar-refractivity contribution in [2.75, 3.05) is 7.11 Å². The zero-order valence-electron chi connectivity index (χ0n) is 10.8. The quantitative estimate of drug-likeness (QED) is 0.819. The number of hydrogen-bond acceptors (Lipinski definition) is 3. The number of rotatable bonds is 5. The minimum absolute atomic E-state index is 0.278. The molecule has 0 bridgehead atoms. The highest BCUT2D eigenvalue weighted by Crippen LogP contribution is 2.23. The average molecular weight is 242 g/mol. The van der Waals surface area contributed by atoms with E-state index in [1.165, 1.54) is 0 Å². The SMILES string of the molecule is C=CC(C)NCc1ccc2cccc(OC)c2n1. The van der Waals surface area contributed by atoms with Crippen LogP contribution >= 0.6 is 0 Å². The molecule has 0 amide bonds. The van der Waals surface area contributed by atoms with E-state index in [0.717, 1.165) is 28.9 Å². The van der Waals surface area contributed by atoms with E-state index in [1.807, 2.05) is 30.3 Å². The van der Waals surface area contributed by atoms with Crippen molar-refractivity contribution in [2.24, 2.45) is 0 Å². The Labute approximate surface area is 107 Å². The van der Waals surface area contributed by atoms with Gasteiger partial charge in [0.1, 0.15) is 11.3 Å². The first kappa shape index (κ1) is 12.6. The molecule has 1 N–H and O–H groups in total. The number of nitrogens with zero attached hydrogens (tertiary/aromatic N) is 1. The minimum Gasteiger partial charge on any atom is -0.494 e. The smallest absolute Gasteiger partial charge is 0.145 e. The Morgan fingerprint density at radius 1 is 1.39 bits per heavy atom. The number of methoxy groups -OCH3 is 1.